The largest absolute Gasteiger partial charge is 0.469 e. The second-order valence-electron chi connectivity index (χ2n) is 3.77. The zero-order valence-electron chi connectivity index (χ0n) is 9.84. The number of nitrogens with zero attached hydrogens (tertiary/aromatic N) is 1. The van der Waals surface area contributed by atoms with E-state index in [-0.39, 0.29) is 16.6 Å². The Morgan fingerprint density at radius 3 is 2.68 bits per heavy atom. The predicted octanol–water partition coefficient (Wildman–Crippen LogP) is 3.40. The van der Waals surface area contributed by atoms with Gasteiger partial charge in [-0.2, -0.15) is 0 Å². The van der Waals surface area contributed by atoms with E-state index in [1.807, 2.05) is 0 Å². The maximum Gasteiger partial charge on any atom is 0.271 e. The van der Waals surface area contributed by atoms with Crippen molar-refractivity contribution in [2.24, 2.45) is 0 Å². The van der Waals surface area contributed by atoms with Crippen molar-refractivity contribution in [1.29, 1.82) is 0 Å². The van der Waals surface area contributed by atoms with Gasteiger partial charge in [0, 0.05) is 12.1 Å². The monoisotopic (exact) mass is 280 g/mol. The highest BCUT2D eigenvalue weighted by Gasteiger charge is 2.15. The van der Waals surface area contributed by atoms with Gasteiger partial charge in [-0.25, -0.2) is 0 Å². The van der Waals surface area contributed by atoms with Gasteiger partial charge in [0.25, 0.3) is 11.6 Å². The number of amides is 1. The molecule has 2 rings (SSSR count). The molecule has 0 aliphatic rings. The summed E-state index contributed by atoms with van der Waals surface area (Å²) in [4.78, 5) is 21.9. The molecule has 1 aromatic carbocycles. The smallest absolute Gasteiger partial charge is 0.271 e. The minimum Gasteiger partial charge on any atom is -0.469 e. The first-order valence-corrected chi connectivity index (χ1v) is 5.66. The van der Waals surface area contributed by atoms with Gasteiger partial charge in [-0.3, -0.25) is 14.9 Å². The van der Waals surface area contributed by atoms with Gasteiger partial charge in [0.05, 0.1) is 27.5 Å². The van der Waals surface area contributed by atoms with Crippen molar-refractivity contribution in [3.63, 3.8) is 0 Å². The molecule has 0 fully saturated rings. The van der Waals surface area contributed by atoms with Gasteiger partial charge in [0.2, 0.25) is 0 Å². The number of hydrogen-bond acceptors (Lipinski definition) is 4. The SMILES string of the molecule is Cc1occc1C(=O)Nc1ccc([N+](=O)[O-])cc1Cl. The quantitative estimate of drug-likeness (QED) is 0.689. The lowest BCUT2D eigenvalue weighted by molar-refractivity contribution is -0.384. The molecule has 1 N–H and O–H groups in total. The molecule has 0 aliphatic heterocycles. The van der Waals surface area contributed by atoms with Crippen molar-refractivity contribution in [2.45, 2.75) is 6.92 Å². The van der Waals surface area contributed by atoms with E-state index >= 15 is 0 Å². The van der Waals surface area contributed by atoms with Crippen molar-refractivity contribution >= 4 is 28.9 Å². The number of aryl methyl sites for hydroxylation is 1. The van der Waals surface area contributed by atoms with Crippen molar-refractivity contribution in [3.05, 3.63) is 57.0 Å². The summed E-state index contributed by atoms with van der Waals surface area (Å²) in [6.45, 7) is 1.66. The normalized spacial score (nSPS) is 10.2. The fourth-order valence-electron chi connectivity index (χ4n) is 1.53. The third kappa shape index (κ3) is 2.74. The average Bonchev–Trinajstić information content (AvgIpc) is 2.77. The number of benzene rings is 1. The summed E-state index contributed by atoms with van der Waals surface area (Å²) in [6.07, 6.45) is 1.40. The third-order valence-corrected chi connectivity index (χ3v) is 2.83. The Hall–Kier alpha value is -2.34. The topological polar surface area (TPSA) is 85.4 Å². The molecular formula is C12H9ClN2O4. The van der Waals surface area contributed by atoms with E-state index in [4.69, 9.17) is 16.0 Å². The van der Waals surface area contributed by atoms with E-state index in [1.54, 1.807) is 6.92 Å². The lowest BCUT2D eigenvalue weighted by Gasteiger charge is -2.06. The number of nitro groups is 1. The number of non-ortho nitro benzene ring substituents is 1. The van der Waals surface area contributed by atoms with Crippen LogP contribution in [0.4, 0.5) is 11.4 Å². The number of carbonyl (C=O) groups is 1. The number of carbonyl (C=O) groups excluding carboxylic acids is 1. The van der Waals surface area contributed by atoms with Crippen LogP contribution in [0.25, 0.3) is 0 Å². The second kappa shape index (κ2) is 5.11. The molecule has 6 nitrogen and oxygen atoms in total. The minimum atomic E-state index is -0.558. The molecule has 2 aromatic rings. The molecule has 0 bridgehead atoms. The summed E-state index contributed by atoms with van der Waals surface area (Å²) in [5.74, 6) is 0.0949. The molecule has 1 heterocycles. The zero-order chi connectivity index (χ0) is 14.0. The van der Waals surface area contributed by atoms with E-state index in [9.17, 15) is 14.9 Å². The van der Waals surface area contributed by atoms with Gasteiger partial charge in [-0.05, 0) is 19.1 Å². The van der Waals surface area contributed by atoms with Crippen molar-refractivity contribution in [2.75, 3.05) is 5.32 Å². The number of hydrogen-bond donors (Lipinski definition) is 1. The van der Waals surface area contributed by atoms with Crippen molar-refractivity contribution in [1.82, 2.24) is 0 Å². The summed E-state index contributed by atoms with van der Waals surface area (Å²) in [7, 11) is 0. The van der Waals surface area contributed by atoms with E-state index in [0.29, 0.717) is 17.0 Å². The van der Waals surface area contributed by atoms with Crippen LogP contribution in [0.3, 0.4) is 0 Å². The first-order chi connectivity index (χ1) is 8.99. The zero-order valence-corrected chi connectivity index (χ0v) is 10.6. The molecule has 7 heteroatoms. The van der Waals surface area contributed by atoms with Crippen LogP contribution in [0.15, 0.2) is 34.9 Å². The molecule has 0 saturated heterocycles. The van der Waals surface area contributed by atoms with E-state index in [1.165, 1.54) is 30.5 Å². The van der Waals surface area contributed by atoms with Crippen molar-refractivity contribution in [3.8, 4) is 0 Å². The summed E-state index contributed by atoms with van der Waals surface area (Å²) in [5, 5.41) is 13.2. The highest BCUT2D eigenvalue weighted by Crippen LogP contribution is 2.27. The Balaban J connectivity index is 2.23. The molecule has 1 amide bonds. The van der Waals surface area contributed by atoms with Crippen LogP contribution in [-0.4, -0.2) is 10.8 Å². The molecule has 1 aromatic heterocycles. The Labute approximate surface area is 113 Å². The standard InChI is InChI=1S/C12H9ClN2O4/c1-7-9(4-5-19-7)12(16)14-11-3-2-8(15(17)18)6-10(11)13/h2-6H,1H3,(H,14,16). The molecule has 19 heavy (non-hydrogen) atoms. The molecule has 0 radical (unpaired) electrons. The number of anilines is 1. The highest BCUT2D eigenvalue weighted by molar-refractivity contribution is 6.34. The fourth-order valence-corrected chi connectivity index (χ4v) is 1.75. The summed E-state index contributed by atoms with van der Waals surface area (Å²) < 4.78 is 5.02. The fraction of sp³-hybridized carbons (Fsp3) is 0.0833. The third-order valence-electron chi connectivity index (χ3n) is 2.52. The minimum absolute atomic E-state index is 0.101. The number of nitro benzene ring substituents is 1. The van der Waals surface area contributed by atoms with Crippen LogP contribution < -0.4 is 5.32 Å². The van der Waals surface area contributed by atoms with Gasteiger partial charge < -0.3 is 9.73 Å². The summed E-state index contributed by atoms with van der Waals surface area (Å²) in [6, 6.07) is 5.36. The molecule has 0 aliphatic carbocycles. The molecule has 0 spiro atoms. The molecular weight excluding hydrogens is 272 g/mol. The lowest BCUT2D eigenvalue weighted by Crippen LogP contribution is -2.12. The first kappa shape index (κ1) is 13.1. The van der Waals surface area contributed by atoms with E-state index < -0.39 is 4.92 Å². The number of halogens is 1. The Kier molecular flexibility index (Phi) is 3.52. The maximum atomic E-state index is 11.9. The van der Waals surface area contributed by atoms with Crippen LogP contribution in [0.2, 0.25) is 5.02 Å². The first-order valence-electron chi connectivity index (χ1n) is 5.28. The molecule has 98 valence electrons. The Morgan fingerprint density at radius 2 is 2.16 bits per heavy atom. The van der Waals surface area contributed by atoms with E-state index in [2.05, 4.69) is 5.32 Å². The highest BCUT2D eigenvalue weighted by atomic mass is 35.5. The van der Waals surface area contributed by atoms with Crippen molar-refractivity contribution < 1.29 is 14.1 Å². The molecule has 0 atom stereocenters. The van der Waals surface area contributed by atoms with E-state index in [0.717, 1.165) is 0 Å². The van der Waals surface area contributed by atoms with Gasteiger partial charge >= 0.3 is 0 Å². The molecule has 0 saturated carbocycles. The Morgan fingerprint density at radius 1 is 1.42 bits per heavy atom. The average molecular weight is 281 g/mol. The number of furan rings is 1. The summed E-state index contributed by atoms with van der Waals surface area (Å²) >= 11 is 5.88. The molecule has 0 unspecified atom stereocenters. The maximum absolute atomic E-state index is 11.9. The number of rotatable bonds is 3. The van der Waals surface area contributed by atoms with Gasteiger partial charge in [0.15, 0.2) is 0 Å². The van der Waals surface area contributed by atoms with Gasteiger partial charge in [0.1, 0.15) is 5.76 Å². The second-order valence-corrected chi connectivity index (χ2v) is 4.17. The van der Waals surface area contributed by atoms with Gasteiger partial charge in [-0.1, -0.05) is 11.6 Å². The van der Waals surface area contributed by atoms with Crippen LogP contribution in [-0.2, 0) is 0 Å². The van der Waals surface area contributed by atoms with Crippen LogP contribution in [0.1, 0.15) is 16.1 Å². The van der Waals surface area contributed by atoms with Crippen LogP contribution >= 0.6 is 11.6 Å². The van der Waals surface area contributed by atoms with Gasteiger partial charge in [-0.15, -0.1) is 0 Å². The van der Waals surface area contributed by atoms with Crippen LogP contribution in [0, 0.1) is 17.0 Å². The Bertz CT molecular complexity index is 651. The summed E-state index contributed by atoms with van der Waals surface area (Å²) in [5.41, 5.74) is 0.551. The number of nitrogens with one attached hydrogen (secondary N) is 1. The lowest BCUT2D eigenvalue weighted by atomic mass is 10.2. The van der Waals surface area contributed by atoms with Crippen LogP contribution in [0.5, 0.6) is 0 Å². The predicted molar refractivity (Wildman–Crippen MR) is 69.5 cm³/mol.